The third-order valence-electron chi connectivity index (χ3n) is 21.1. The molecule has 0 bridgehead atoms. The van der Waals surface area contributed by atoms with Crippen LogP contribution in [0.25, 0.3) is 154 Å². The van der Waals surface area contributed by atoms with Crippen molar-refractivity contribution < 1.29 is 0 Å². The minimum absolute atomic E-state index is 0.127. The summed E-state index contributed by atoms with van der Waals surface area (Å²) in [5.74, 6) is 0. The summed E-state index contributed by atoms with van der Waals surface area (Å²) in [7, 11) is 0. The van der Waals surface area contributed by atoms with Crippen molar-refractivity contribution in [1.82, 2.24) is 18.3 Å². The Bertz CT molecular complexity index is 5960. The van der Waals surface area contributed by atoms with E-state index in [-0.39, 0.29) is 10.8 Å². The van der Waals surface area contributed by atoms with Gasteiger partial charge in [-0.05, 0) is 164 Å². The molecule has 4 heterocycles. The smallest absolute Gasteiger partial charge is 0.0541 e. The molecule has 4 nitrogen and oxygen atoms in total. The Hall–Kier alpha value is -11.7. The molecule has 2 aliphatic carbocycles. The third kappa shape index (κ3) is 7.80. The second kappa shape index (κ2) is 20.4. The maximum absolute atomic E-state index is 2.44. The second-order valence-corrected chi connectivity index (χ2v) is 26.7. The van der Waals surface area contributed by atoms with Gasteiger partial charge in [0.25, 0.3) is 0 Å². The van der Waals surface area contributed by atoms with Crippen LogP contribution < -0.4 is 0 Å². The highest BCUT2D eigenvalue weighted by molar-refractivity contribution is 6.13. The number of hydrogen-bond acceptors (Lipinski definition) is 0. The van der Waals surface area contributed by atoms with E-state index in [0.29, 0.717) is 0 Å². The Morgan fingerprint density at radius 2 is 0.468 bits per heavy atom. The summed E-state index contributed by atoms with van der Waals surface area (Å²) >= 11 is 0. The van der Waals surface area contributed by atoms with Crippen LogP contribution in [-0.4, -0.2) is 18.3 Å². The lowest BCUT2D eigenvalue weighted by molar-refractivity contribution is 0.660. The minimum Gasteiger partial charge on any atom is -0.309 e. The van der Waals surface area contributed by atoms with Crippen LogP contribution in [0.1, 0.15) is 49.9 Å². The molecule has 0 radical (unpaired) electrons. The zero-order valence-electron chi connectivity index (χ0n) is 52.8. The van der Waals surface area contributed by atoms with Crippen LogP contribution in [0.2, 0.25) is 0 Å². The molecule has 4 heteroatoms. The fourth-order valence-electron chi connectivity index (χ4n) is 16.7. The predicted octanol–water partition coefficient (Wildman–Crippen LogP) is 23.7. The lowest BCUT2D eigenvalue weighted by Gasteiger charge is -2.22. The van der Waals surface area contributed by atoms with Gasteiger partial charge in [0, 0.05) is 76.7 Å². The first-order valence-corrected chi connectivity index (χ1v) is 32.9. The molecule has 94 heavy (non-hydrogen) atoms. The molecule has 0 fully saturated rings. The monoisotopic (exact) mass is 1200 g/mol. The molecule has 18 aromatic rings. The zero-order chi connectivity index (χ0) is 62.6. The van der Waals surface area contributed by atoms with E-state index in [1.54, 1.807) is 0 Å². The predicted molar refractivity (Wildman–Crippen MR) is 396 cm³/mol. The molecule has 0 saturated carbocycles. The van der Waals surface area contributed by atoms with Gasteiger partial charge in [-0.3, -0.25) is 0 Å². The van der Waals surface area contributed by atoms with Crippen LogP contribution in [-0.2, 0) is 10.8 Å². The van der Waals surface area contributed by atoms with E-state index in [0.717, 1.165) is 0 Å². The number of fused-ring (bicyclic) bond motifs is 18. The summed E-state index contributed by atoms with van der Waals surface area (Å²) in [5, 5.41) is 10.3. The number of nitrogens with zero attached hydrogens (tertiary/aromatic N) is 4. The standard InChI is InChI=1S/2C45H32N2/c1-45(2)38-20-12-19-32(29-13-11-14-30(27-29)46-40-21-7-3-15-33(40)34-16-4-8-22-41(34)46)44(38)37-26-25-31(28-39(37)45)47-42-23-9-5-17-35(42)36-18-6-10-24-43(36)47;1-45(2)38-17-11-16-32(29-22-24-30(25-23-29)46-40-18-7-3-12-33(40)34-13-4-8-19-41(34)46)44(38)37-27-26-31(28-39(37)45)47-42-20-9-5-14-35(42)36-15-6-10-21-43(36)47/h2*3-28H,1-2H3. The topological polar surface area (TPSA) is 19.7 Å². The molecule has 444 valence electrons. The van der Waals surface area contributed by atoms with Gasteiger partial charge in [-0.2, -0.15) is 0 Å². The molecule has 2 aliphatic rings. The molecular weight excluding hydrogens is 1140 g/mol. The van der Waals surface area contributed by atoms with Crippen LogP contribution in [0.4, 0.5) is 0 Å². The van der Waals surface area contributed by atoms with Crippen LogP contribution >= 0.6 is 0 Å². The Labute approximate surface area is 545 Å². The first kappa shape index (κ1) is 54.1. The summed E-state index contributed by atoms with van der Waals surface area (Å²) < 4.78 is 9.66. The van der Waals surface area contributed by atoms with Gasteiger partial charge < -0.3 is 18.3 Å². The number of para-hydroxylation sites is 8. The van der Waals surface area contributed by atoms with Crippen molar-refractivity contribution in [3.8, 4) is 67.3 Å². The minimum atomic E-state index is -0.139. The quantitative estimate of drug-likeness (QED) is 0.158. The van der Waals surface area contributed by atoms with Crippen LogP contribution in [0.3, 0.4) is 0 Å². The first-order chi connectivity index (χ1) is 46.2. The fourth-order valence-corrected chi connectivity index (χ4v) is 16.7. The van der Waals surface area contributed by atoms with Gasteiger partial charge in [-0.15, -0.1) is 0 Å². The second-order valence-electron chi connectivity index (χ2n) is 26.7. The Morgan fingerprint density at radius 3 is 0.809 bits per heavy atom. The lowest BCUT2D eigenvalue weighted by atomic mass is 9.82. The molecule has 20 rings (SSSR count). The van der Waals surface area contributed by atoms with Crippen LogP contribution in [0.15, 0.2) is 315 Å². The summed E-state index contributed by atoms with van der Waals surface area (Å²) in [6.07, 6.45) is 0. The number of benzene rings is 14. The number of hydrogen-bond donors (Lipinski definition) is 0. The summed E-state index contributed by atoms with van der Waals surface area (Å²) in [6, 6.07) is 116. The first-order valence-electron chi connectivity index (χ1n) is 32.9. The van der Waals surface area contributed by atoms with E-state index in [9.17, 15) is 0 Å². The molecular formula is C90H64N4. The van der Waals surface area contributed by atoms with Crippen molar-refractivity contribution >= 4 is 87.2 Å². The molecule has 0 atom stereocenters. The maximum atomic E-state index is 2.44. The Balaban J connectivity index is 0.000000133. The molecule has 14 aromatic carbocycles. The summed E-state index contributed by atoms with van der Waals surface area (Å²) in [5.41, 5.74) is 30.3. The highest BCUT2D eigenvalue weighted by Crippen LogP contribution is 2.55. The van der Waals surface area contributed by atoms with Gasteiger partial charge in [0.1, 0.15) is 0 Å². The van der Waals surface area contributed by atoms with E-state index in [4.69, 9.17) is 0 Å². The summed E-state index contributed by atoms with van der Waals surface area (Å²) in [4.78, 5) is 0. The van der Waals surface area contributed by atoms with Crippen molar-refractivity contribution in [2.75, 3.05) is 0 Å². The highest BCUT2D eigenvalue weighted by Gasteiger charge is 2.39. The van der Waals surface area contributed by atoms with Crippen molar-refractivity contribution in [1.29, 1.82) is 0 Å². The Kier molecular flexibility index (Phi) is 11.7. The average molecular weight is 1200 g/mol. The van der Waals surface area contributed by atoms with Gasteiger partial charge in [0.05, 0.1) is 44.1 Å². The largest absolute Gasteiger partial charge is 0.309 e. The highest BCUT2D eigenvalue weighted by atomic mass is 15.0. The van der Waals surface area contributed by atoms with E-state index in [2.05, 4.69) is 361 Å². The summed E-state index contributed by atoms with van der Waals surface area (Å²) in [6.45, 7) is 9.52. The van der Waals surface area contributed by atoms with E-state index < -0.39 is 0 Å². The molecule has 0 aliphatic heterocycles. The fraction of sp³-hybridized carbons (Fsp3) is 0.0667. The molecule has 0 unspecified atom stereocenters. The number of rotatable bonds is 6. The van der Waals surface area contributed by atoms with E-state index in [1.807, 2.05) is 0 Å². The van der Waals surface area contributed by atoms with Gasteiger partial charge in [0.2, 0.25) is 0 Å². The molecule has 0 saturated heterocycles. The van der Waals surface area contributed by atoms with Crippen molar-refractivity contribution in [3.63, 3.8) is 0 Å². The van der Waals surface area contributed by atoms with Crippen molar-refractivity contribution in [3.05, 3.63) is 338 Å². The Morgan fingerprint density at radius 1 is 0.191 bits per heavy atom. The van der Waals surface area contributed by atoms with Crippen molar-refractivity contribution in [2.45, 2.75) is 38.5 Å². The lowest BCUT2D eigenvalue weighted by Crippen LogP contribution is -2.15. The van der Waals surface area contributed by atoms with Crippen LogP contribution in [0.5, 0.6) is 0 Å². The molecule has 0 spiro atoms. The van der Waals surface area contributed by atoms with Gasteiger partial charge in [-0.1, -0.05) is 246 Å². The van der Waals surface area contributed by atoms with Gasteiger partial charge in [0.15, 0.2) is 0 Å². The van der Waals surface area contributed by atoms with Crippen LogP contribution in [0, 0.1) is 0 Å². The third-order valence-corrected chi connectivity index (χ3v) is 21.1. The maximum Gasteiger partial charge on any atom is 0.0541 e. The van der Waals surface area contributed by atoms with E-state index >= 15 is 0 Å². The van der Waals surface area contributed by atoms with Crippen molar-refractivity contribution in [2.24, 2.45) is 0 Å². The normalized spacial score (nSPS) is 13.5. The van der Waals surface area contributed by atoms with Gasteiger partial charge >= 0.3 is 0 Å². The zero-order valence-corrected chi connectivity index (χ0v) is 52.8. The SMILES string of the molecule is CC1(C)c2cc(-n3c4ccccc4c4ccccc43)ccc2-c2c(-c3ccc(-n4c5ccccc5c5ccccc54)cc3)cccc21.CC1(C)c2cc(-n3c4ccccc4c4ccccc43)ccc2-c2c(-c3cccc(-n4c5ccccc5c5ccccc54)c3)cccc21. The molecule has 4 aromatic heterocycles. The average Bonchev–Trinajstić information content (AvgIpc) is 1.57. The molecule has 0 amide bonds. The van der Waals surface area contributed by atoms with Gasteiger partial charge in [-0.25, -0.2) is 0 Å². The molecule has 0 N–H and O–H groups in total. The number of aromatic nitrogens is 4. The van der Waals surface area contributed by atoms with E-state index in [1.165, 1.54) is 177 Å².